The number of carbonyl (C=O) groups is 3. The number of thiophene rings is 1. The van der Waals surface area contributed by atoms with Gasteiger partial charge in [0.1, 0.15) is 6.04 Å². The fraction of sp³-hybridized carbons (Fsp3) is 0.417. The molecule has 0 radical (unpaired) electrons. The van der Waals surface area contributed by atoms with E-state index in [0.717, 1.165) is 4.88 Å². The molecule has 0 aliphatic heterocycles. The monoisotopic (exact) mass is 285 g/mol. The van der Waals surface area contributed by atoms with Gasteiger partial charge >= 0.3 is 11.9 Å². The Bertz CT molecular complexity index is 443. The van der Waals surface area contributed by atoms with Crippen molar-refractivity contribution in [1.82, 2.24) is 5.32 Å². The first-order chi connectivity index (χ1) is 8.99. The summed E-state index contributed by atoms with van der Waals surface area (Å²) in [7, 11) is 0. The maximum absolute atomic E-state index is 11.6. The van der Waals surface area contributed by atoms with Crippen LogP contribution in [0.25, 0.3) is 0 Å². The standard InChI is InChI=1S/C12H15NO5S/c14-10(7-8-3-2-6-19-8)13-9(12(17)18)4-1-5-11(15)16/h2-3,6,9H,1,4-5,7H2,(H,13,14)(H,15,16)(H,17,18)/t9-/m1/s1. The van der Waals surface area contributed by atoms with E-state index in [-0.39, 0.29) is 31.6 Å². The van der Waals surface area contributed by atoms with E-state index >= 15 is 0 Å². The third-order valence-electron chi connectivity index (χ3n) is 2.43. The van der Waals surface area contributed by atoms with Crippen molar-refractivity contribution >= 4 is 29.2 Å². The summed E-state index contributed by atoms with van der Waals surface area (Å²) in [6.45, 7) is 0. The molecule has 1 aromatic rings. The number of carboxylic acids is 2. The van der Waals surface area contributed by atoms with Crippen molar-refractivity contribution in [3.8, 4) is 0 Å². The van der Waals surface area contributed by atoms with Crippen molar-refractivity contribution in [2.24, 2.45) is 0 Å². The lowest BCUT2D eigenvalue weighted by atomic mass is 10.1. The molecule has 1 amide bonds. The lowest BCUT2D eigenvalue weighted by Crippen LogP contribution is -2.41. The summed E-state index contributed by atoms with van der Waals surface area (Å²) in [6, 6.07) is 2.58. The molecule has 0 spiro atoms. The molecule has 6 nitrogen and oxygen atoms in total. The molecule has 0 fully saturated rings. The second-order valence-electron chi connectivity index (χ2n) is 4.00. The van der Waals surface area contributed by atoms with Crippen molar-refractivity contribution in [2.45, 2.75) is 31.7 Å². The predicted molar refractivity (Wildman–Crippen MR) is 69.1 cm³/mol. The molecule has 1 aromatic heterocycles. The molecule has 7 heteroatoms. The third kappa shape index (κ3) is 6.01. The summed E-state index contributed by atoms with van der Waals surface area (Å²) < 4.78 is 0. The van der Waals surface area contributed by atoms with Crippen LogP contribution in [0, 0.1) is 0 Å². The minimum atomic E-state index is -1.15. The van der Waals surface area contributed by atoms with Crippen LogP contribution in [0.1, 0.15) is 24.1 Å². The van der Waals surface area contributed by atoms with Crippen LogP contribution in [0.15, 0.2) is 17.5 Å². The molecule has 0 aromatic carbocycles. The highest BCUT2D eigenvalue weighted by Crippen LogP contribution is 2.09. The number of amides is 1. The lowest BCUT2D eigenvalue weighted by Gasteiger charge is -2.13. The quantitative estimate of drug-likeness (QED) is 0.664. The number of hydrogen-bond acceptors (Lipinski definition) is 4. The Morgan fingerprint density at radius 3 is 2.58 bits per heavy atom. The first-order valence-electron chi connectivity index (χ1n) is 5.75. The Labute approximate surface area is 114 Å². The van der Waals surface area contributed by atoms with Crippen molar-refractivity contribution < 1.29 is 24.6 Å². The van der Waals surface area contributed by atoms with Crippen LogP contribution in [-0.2, 0) is 20.8 Å². The average molecular weight is 285 g/mol. The molecular weight excluding hydrogens is 270 g/mol. The van der Waals surface area contributed by atoms with Crippen molar-refractivity contribution in [3.05, 3.63) is 22.4 Å². The molecular formula is C12H15NO5S. The molecule has 1 atom stereocenters. The van der Waals surface area contributed by atoms with Gasteiger partial charge in [-0.05, 0) is 24.3 Å². The van der Waals surface area contributed by atoms with Gasteiger partial charge in [0.2, 0.25) is 5.91 Å². The summed E-state index contributed by atoms with van der Waals surface area (Å²) in [6.07, 6.45) is 0.356. The van der Waals surface area contributed by atoms with E-state index in [0.29, 0.717) is 0 Å². The van der Waals surface area contributed by atoms with Gasteiger partial charge in [0, 0.05) is 11.3 Å². The van der Waals surface area contributed by atoms with E-state index in [9.17, 15) is 14.4 Å². The summed E-state index contributed by atoms with van der Waals surface area (Å²) >= 11 is 1.42. The molecule has 19 heavy (non-hydrogen) atoms. The predicted octanol–water partition coefficient (Wildman–Crippen LogP) is 1.11. The van der Waals surface area contributed by atoms with Crippen LogP contribution in [0.5, 0.6) is 0 Å². The highest BCUT2D eigenvalue weighted by Gasteiger charge is 2.20. The molecule has 0 unspecified atom stereocenters. The SMILES string of the molecule is O=C(O)CCC[C@@H](NC(=O)Cc1cccs1)C(=O)O. The smallest absolute Gasteiger partial charge is 0.326 e. The maximum Gasteiger partial charge on any atom is 0.326 e. The second-order valence-corrected chi connectivity index (χ2v) is 5.03. The van der Waals surface area contributed by atoms with E-state index in [1.807, 2.05) is 11.4 Å². The highest BCUT2D eigenvalue weighted by atomic mass is 32.1. The van der Waals surface area contributed by atoms with Gasteiger partial charge in [0.05, 0.1) is 6.42 Å². The summed E-state index contributed by atoms with van der Waals surface area (Å²) in [5.74, 6) is -2.50. The molecule has 104 valence electrons. The van der Waals surface area contributed by atoms with Crippen LogP contribution in [0.4, 0.5) is 0 Å². The van der Waals surface area contributed by atoms with Crippen LogP contribution in [0.2, 0.25) is 0 Å². The molecule has 1 rings (SSSR count). The van der Waals surface area contributed by atoms with E-state index in [1.165, 1.54) is 11.3 Å². The highest BCUT2D eigenvalue weighted by molar-refractivity contribution is 7.10. The first kappa shape index (κ1) is 15.2. The molecule has 0 saturated carbocycles. The number of rotatable bonds is 8. The molecule has 0 aliphatic carbocycles. The van der Waals surface area contributed by atoms with Gasteiger partial charge in [-0.25, -0.2) is 4.79 Å². The molecule has 0 aliphatic rings. The van der Waals surface area contributed by atoms with Gasteiger partial charge in [-0.15, -0.1) is 11.3 Å². The zero-order chi connectivity index (χ0) is 14.3. The van der Waals surface area contributed by atoms with Gasteiger partial charge in [0.25, 0.3) is 0 Å². The molecule has 0 saturated heterocycles. The third-order valence-corrected chi connectivity index (χ3v) is 3.31. The fourth-order valence-corrected chi connectivity index (χ4v) is 2.24. The average Bonchev–Trinajstić information content (AvgIpc) is 2.79. The molecule has 3 N–H and O–H groups in total. The number of carboxylic acid groups (broad SMARTS) is 2. The lowest BCUT2D eigenvalue weighted by molar-refractivity contribution is -0.142. The van der Waals surface area contributed by atoms with Crippen molar-refractivity contribution in [3.63, 3.8) is 0 Å². The zero-order valence-electron chi connectivity index (χ0n) is 10.2. The van der Waals surface area contributed by atoms with Gasteiger partial charge in [0.15, 0.2) is 0 Å². The minimum absolute atomic E-state index is 0.107. The van der Waals surface area contributed by atoms with E-state index in [2.05, 4.69) is 5.32 Å². The van der Waals surface area contributed by atoms with Gasteiger partial charge in [-0.2, -0.15) is 0 Å². The van der Waals surface area contributed by atoms with Gasteiger partial charge < -0.3 is 15.5 Å². The minimum Gasteiger partial charge on any atom is -0.481 e. The van der Waals surface area contributed by atoms with Crippen LogP contribution in [0.3, 0.4) is 0 Å². The summed E-state index contributed by atoms with van der Waals surface area (Å²) in [4.78, 5) is 33.8. The van der Waals surface area contributed by atoms with Crippen LogP contribution < -0.4 is 5.32 Å². The fourth-order valence-electron chi connectivity index (χ4n) is 1.53. The number of hydrogen-bond donors (Lipinski definition) is 3. The van der Waals surface area contributed by atoms with E-state index < -0.39 is 18.0 Å². The number of carbonyl (C=O) groups excluding carboxylic acids is 1. The van der Waals surface area contributed by atoms with Crippen LogP contribution in [-0.4, -0.2) is 34.1 Å². The van der Waals surface area contributed by atoms with Crippen molar-refractivity contribution in [1.29, 1.82) is 0 Å². The summed E-state index contributed by atoms with van der Waals surface area (Å²) in [5.41, 5.74) is 0. The van der Waals surface area contributed by atoms with Gasteiger partial charge in [-0.3, -0.25) is 9.59 Å². The van der Waals surface area contributed by atoms with E-state index in [1.54, 1.807) is 6.07 Å². The molecule has 1 heterocycles. The normalized spacial score (nSPS) is 11.8. The van der Waals surface area contributed by atoms with Gasteiger partial charge in [-0.1, -0.05) is 6.07 Å². The second kappa shape index (κ2) is 7.52. The number of aliphatic carboxylic acids is 2. The largest absolute Gasteiger partial charge is 0.481 e. The Morgan fingerprint density at radius 1 is 1.32 bits per heavy atom. The Balaban J connectivity index is 2.42. The maximum atomic E-state index is 11.6. The Hall–Kier alpha value is -1.89. The Kier molecular flexibility index (Phi) is 6.01. The molecule has 0 bridgehead atoms. The topological polar surface area (TPSA) is 104 Å². The Morgan fingerprint density at radius 2 is 2.05 bits per heavy atom. The van der Waals surface area contributed by atoms with E-state index in [4.69, 9.17) is 10.2 Å². The zero-order valence-corrected chi connectivity index (χ0v) is 11.0. The number of nitrogens with one attached hydrogen (secondary N) is 1. The first-order valence-corrected chi connectivity index (χ1v) is 6.63. The summed E-state index contributed by atoms with van der Waals surface area (Å²) in [5, 5.41) is 21.7. The van der Waals surface area contributed by atoms with Crippen LogP contribution >= 0.6 is 11.3 Å². The van der Waals surface area contributed by atoms with Crippen molar-refractivity contribution in [2.75, 3.05) is 0 Å².